The van der Waals surface area contributed by atoms with Gasteiger partial charge in [-0.3, -0.25) is 15.0 Å². The van der Waals surface area contributed by atoms with Crippen LogP contribution in [0.25, 0.3) is 11.0 Å². The predicted molar refractivity (Wildman–Crippen MR) is 108 cm³/mol. The lowest BCUT2D eigenvalue weighted by molar-refractivity contribution is -0.137. The topological polar surface area (TPSA) is 62.2 Å². The number of carbonyl (C=O) groups is 1. The molecule has 1 saturated heterocycles. The zero-order chi connectivity index (χ0) is 21.3. The van der Waals surface area contributed by atoms with Gasteiger partial charge in [0.1, 0.15) is 0 Å². The Morgan fingerprint density at radius 2 is 1.93 bits per heavy atom. The van der Waals surface area contributed by atoms with E-state index >= 15 is 0 Å². The fourth-order valence-corrected chi connectivity index (χ4v) is 3.59. The van der Waals surface area contributed by atoms with Crippen LogP contribution >= 0.6 is 0 Å². The van der Waals surface area contributed by atoms with Gasteiger partial charge in [0.2, 0.25) is 5.95 Å². The van der Waals surface area contributed by atoms with Crippen molar-refractivity contribution in [2.75, 3.05) is 31.5 Å². The summed E-state index contributed by atoms with van der Waals surface area (Å²) in [4.78, 5) is 19.3. The number of imidazole rings is 1. The monoisotopic (exact) mass is 417 g/mol. The maximum absolute atomic E-state index is 12.9. The number of alkyl halides is 3. The maximum Gasteiger partial charge on any atom is 0.416 e. The summed E-state index contributed by atoms with van der Waals surface area (Å²) < 4.78 is 40.5. The third-order valence-electron chi connectivity index (χ3n) is 5.24. The van der Waals surface area contributed by atoms with E-state index in [0.29, 0.717) is 0 Å². The van der Waals surface area contributed by atoms with Crippen LogP contribution in [-0.2, 0) is 19.8 Å². The van der Waals surface area contributed by atoms with Crippen molar-refractivity contribution in [3.63, 3.8) is 0 Å². The number of hydrogen-bond donors (Lipinski definition) is 2. The summed E-state index contributed by atoms with van der Waals surface area (Å²) in [6.07, 6.45) is -4.50. The molecule has 1 aliphatic heterocycles. The van der Waals surface area contributed by atoms with E-state index < -0.39 is 17.6 Å². The Morgan fingerprint density at radius 3 is 2.67 bits per heavy atom. The van der Waals surface area contributed by atoms with E-state index in [-0.39, 0.29) is 11.5 Å². The van der Waals surface area contributed by atoms with Crippen LogP contribution in [0, 0.1) is 0 Å². The first-order chi connectivity index (χ1) is 14.3. The highest BCUT2D eigenvalue weighted by Crippen LogP contribution is 2.29. The number of nitrogens with zero attached hydrogens (tertiary/aromatic N) is 3. The first kappa shape index (κ1) is 20.4. The maximum atomic E-state index is 12.9. The molecule has 1 aromatic heterocycles. The molecule has 1 amide bonds. The molecular formula is C21H22F3N5O. The summed E-state index contributed by atoms with van der Waals surface area (Å²) in [5.74, 6) is -0.354. The van der Waals surface area contributed by atoms with Gasteiger partial charge in [-0.2, -0.15) is 13.2 Å². The van der Waals surface area contributed by atoms with Gasteiger partial charge in [-0.25, -0.2) is 4.98 Å². The van der Waals surface area contributed by atoms with Crippen molar-refractivity contribution in [2.24, 2.45) is 7.05 Å². The summed E-state index contributed by atoms with van der Waals surface area (Å²) in [6.45, 7) is 4.73. The van der Waals surface area contributed by atoms with E-state index in [1.807, 2.05) is 18.2 Å². The molecule has 6 nitrogen and oxygen atoms in total. The molecule has 4 rings (SSSR count). The van der Waals surface area contributed by atoms with Crippen molar-refractivity contribution in [1.29, 1.82) is 0 Å². The largest absolute Gasteiger partial charge is 0.416 e. The molecule has 9 heteroatoms. The minimum Gasteiger partial charge on any atom is -0.314 e. The quantitative estimate of drug-likeness (QED) is 0.684. The zero-order valence-electron chi connectivity index (χ0n) is 16.5. The van der Waals surface area contributed by atoms with Gasteiger partial charge in [0.25, 0.3) is 5.91 Å². The van der Waals surface area contributed by atoms with Crippen LogP contribution in [0.2, 0.25) is 0 Å². The van der Waals surface area contributed by atoms with Crippen molar-refractivity contribution in [2.45, 2.75) is 12.7 Å². The molecule has 1 aliphatic rings. The van der Waals surface area contributed by atoms with E-state index in [1.165, 1.54) is 12.1 Å². The number of aromatic nitrogens is 2. The molecule has 158 valence electrons. The van der Waals surface area contributed by atoms with Crippen LogP contribution in [0.4, 0.5) is 19.1 Å². The molecule has 2 aromatic carbocycles. The lowest BCUT2D eigenvalue weighted by atomic mass is 10.1. The Bertz CT molecular complexity index is 1070. The molecular weight excluding hydrogens is 395 g/mol. The Kier molecular flexibility index (Phi) is 5.48. The molecule has 0 radical (unpaired) electrons. The van der Waals surface area contributed by atoms with E-state index in [0.717, 1.165) is 61.5 Å². The van der Waals surface area contributed by atoms with Crippen molar-refractivity contribution in [1.82, 2.24) is 19.8 Å². The average molecular weight is 417 g/mol. The number of fused-ring (bicyclic) bond motifs is 1. The van der Waals surface area contributed by atoms with Gasteiger partial charge in [-0.05, 0) is 35.9 Å². The van der Waals surface area contributed by atoms with E-state index in [1.54, 1.807) is 11.6 Å². The molecule has 0 atom stereocenters. The third-order valence-corrected chi connectivity index (χ3v) is 5.24. The number of halogens is 3. The number of aryl methyl sites for hydroxylation is 1. The van der Waals surface area contributed by atoms with Crippen molar-refractivity contribution < 1.29 is 18.0 Å². The molecule has 0 spiro atoms. The molecule has 0 bridgehead atoms. The number of benzene rings is 2. The Balaban J connectivity index is 1.54. The summed E-state index contributed by atoms with van der Waals surface area (Å²) >= 11 is 0. The second kappa shape index (κ2) is 8.08. The van der Waals surface area contributed by atoms with Crippen molar-refractivity contribution >= 4 is 22.9 Å². The lowest BCUT2D eigenvalue weighted by Crippen LogP contribution is -2.42. The van der Waals surface area contributed by atoms with Gasteiger partial charge in [0.15, 0.2) is 0 Å². The van der Waals surface area contributed by atoms with Crippen LogP contribution in [0.1, 0.15) is 21.5 Å². The highest BCUT2D eigenvalue weighted by Gasteiger charge is 2.31. The van der Waals surface area contributed by atoms with Crippen LogP contribution in [0.15, 0.2) is 42.5 Å². The second-order valence-electron chi connectivity index (χ2n) is 7.38. The molecule has 30 heavy (non-hydrogen) atoms. The molecule has 0 unspecified atom stereocenters. The van der Waals surface area contributed by atoms with Gasteiger partial charge in [-0.1, -0.05) is 12.1 Å². The molecule has 2 N–H and O–H groups in total. The number of hydrogen-bond acceptors (Lipinski definition) is 4. The fraction of sp³-hybridized carbons (Fsp3) is 0.333. The summed E-state index contributed by atoms with van der Waals surface area (Å²) in [5.41, 5.74) is 1.75. The third kappa shape index (κ3) is 4.31. The average Bonchev–Trinajstić information content (AvgIpc) is 3.03. The van der Waals surface area contributed by atoms with E-state index in [9.17, 15) is 18.0 Å². The Morgan fingerprint density at radius 1 is 1.17 bits per heavy atom. The minimum absolute atomic E-state index is 0.0729. The number of amides is 1. The number of rotatable bonds is 4. The number of nitrogens with one attached hydrogen (secondary N) is 2. The molecule has 1 fully saturated rings. The van der Waals surface area contributed by atoms with Gasteiger partial charge >= 0.3 is 6.18 Å². The Hall–Kier alpha value is -2.91. The van der Waals surface area contributed by atoms with Crippen LogP contribution in [0.3, 0.4) is 0 Å². The second-order valence-corrected chi connectivity index (χ2v) is 7.38. The highest BCUT2D eigenvalue weighted by molar-refractivity contribution is 6.04. The normalized spacial score (nSPS) is 15.5. The smallest absolute Gasteiger partial charge is 0.314 e. The minimum atomic E-state index is -4.50. The number of piperazine rings is 1. The van der Waals surface area contributed by atoms with Crippen LogP contribution in [0.5, 0.6) is 0 Å². The first-order valence-electron chi connectivity index (χ1n) is 9.68. The van der Waals surface area contributed by atoms with Crippen molar-refractivity contribution in [3.8, 4) is 0 Å². The van der Waals surface area contributed by atoms with Gasteiger partial charge < -0.3 is 9.88 Å². The lowest BCUT2D eigenvalue weighted by Gasteiger charge is -2.27. The molecule has 2 heterocycles. The van der Waals surface area contributed by atoms with Crippen LogP contribution in [-0.4, -0.2) is 46.5 Å². The predicted octanol–water partition coefficient (Wildman–Crippen LogP) is 3.25. The first-order valence-corrected chi connectivity index (χ1v) is 9.68. The van der Waals surface area contributed by atoms with E-state index in [4.69, 9.17) is 0 Å². The number of carbonyl (C=O) groups excluding carboxylic acids is 1. The molecule has 3 aromatic rings. The molecule has 0 aliphatic carbocycles. The van der Waals surface area contributed by atoms with Gasteiger partial charge in [-0.15, -0.1) is 0 Å². The highest BCUT2D eigenvalue weighted by atomic mass is 19.4. The summed E-state index contributed by atoms with van der Waals surface area (Å²) in [5, 5.41) is 5.95. The summed E-state index contributed by atoms with van der Waals surface area (Å²) in [6, 6.07) is 10.3. The fourth-order valence-electron chi connectivity index (χ4n) is 3.59. The zero-order valence-corrected chi connectivity index (χ0v) is 16.5. The van der Waals surface area contributed by atoms with Gasteiger partial charge in [0.05, 0.1) is 16.6 Å². The molecule has 0 saturated carbocycles. The summed E-state index contributed by atoms with van der Waals surface area (Å²) in [7, 11) is 1.76. The van der Waals surface area contributed by atoms with Crippen molar-refractivity contribution in [3.05, 3.63) is 59.2 Å². The van der Waals surface area contributed by atoms with Gasteiger partial charge in [0, 0.05) is 45.3 Å². The number of anilines is 1. The van der Waals surface area contributed by atoms with E-state index in [2.05, 4.69) is 20.5 Å². The van der Waals surface area contributed by atoms with Crippen LogP contribution < -0.4 is 10.6 Å². The standard InChI is InChI=1S/C21H22F3N5O/c1-28-18-6-5-14(13-29-9-7-25-8-10-29)11-17(18)26-20(28)27-19(30)15-3-2-4-16(12-15)21(22,23)24/h2-6,11-12,25H,7-10,13H2,1H3,(H,26,27,30). The Labute approximate surface area is 171 Å². The SMILES string of the molecule is Cn1c(NC(=O)c2cccc(C(F)(F)F)c2)nc2cc(CN3CCNCC3)ccc21.